The van der Waals surface area contributed by atoms with Crippen molar-refractivity contribution < 1.29 is 22.0 Å². The van der Waals surface area contributed by atoms with Crippen LogP contribution >= 0.6 is 0 Å². The van der Waals surface area contributed by atoms with Gasteiger partial charge in [0.2, 0.25) is 5.82 Å². The van der Waals surface area contributed by atoms with Crippen LogP contribution in [0, 0.1) is 29.1 Å². The molecule has 4 nitrogen and oxygen atoms in total. The maximum Gasteiger partial charge on any atom is 0.200 e. The Hall–Kier alpha value is -3.10. The fraction of sp³-hybridized carbons (Fsp3) is 0.0625. The zero-order valence-electron chi connectivity index (χ0n) is 12.6. The Morgan fingerprint density at radius 3 is 1.92 bits per heavy atom. The van der Waals surface area contributed by atoms with Gasteiger partial charge in [0.15, 0.2) is 23.3 Å². The molecule has 0 spiro atoms. The van der Waals surface area contributed by atoms with E-state index in [9.17, 15) is 22.0 Å². The maximum atomic E-state index is 13.9. The Labute approximate surface area is 138 Å². The summed E-state index contributed by atoms with van der Waals surface area (Å²) in [6.45, 7) is 0. The molecule has 0 aliphatic rings. The van der Waals surface area contributed by atoms with E-state index in [2.05, 4.69) is 20.4 Å². The lowest BCUT2D eigenvalue weighted by atomic mass is 10.0. The molecule has 25 heavy (non-hydrogen) atoms. The fourth-order valence-electron chi connectivity index (χ4n) is 2.32. The fourth-order valence-corrected chi connectivity index (χ4v) is 2.32. The quantitative estimate of drug-likeness (QED) is 0.337. The van der Waals surface area contributed by atoms with E-state index in [1.54, 1.807) is 7.05 Å². The Kier molecular flexibility index (Phi) is 4.30. The van der Waals surface area contributed by atoms with Crippen molar-refractivity contribution in [1.29, 1.82) is 0 Å². The van der Waals surface area contributed by atoms with E-state index in [4.69, 9.17) is 0 Å². The number of nitrogens with zero attached hydrogens (tertiary/aromatic N) is 3. The Bertz CT molecular complexity index is 934. The number of aromatic nitrogens is 3. The van der Waals surface area contributed by atoms with E-state index < -0.39 is 34.6 Å². The summed E-state index contributed by atoms with van der Waals surface area (Å²) >= 11 is 0. The Morgan fingerprint density at radius 2 is 1.36 bits per heavy atom. The molecule has 0 aliphatic carbocycles. The highest BCUT2D eigenvalue weighted by molar-refractivity contribution is 5.86. The molecule has 0 amide bonds. The lowest BCUT2D eigenvalue weighted by Crippen LogP contribution is -2.04. The summed E-state index contributed by atoms with van der Waals surface area (Å²) in [7, 11) is 1.55. The van der Waals surface area contributed by atoms with E-state index in [-0.39, 0.29) is 5.56 Å². The number of H-pyrrole nitrogens is 1. The van der Waals surface area contributed by atoms with Crippen LogP contribution in [0.25, 0.3) is 22.4 Å². The number of aromatic amines is 1. The average molecular weight is 352 g/mol. The highest BCUT2D eigenvalue weighted by Crippen LogP contribution is 2.32. The molecule has 0 unspecified atom stereocenters. The molecule has 3 aromatic rings. The van der Waals surface area contributed by atoms with Gasteiger partial charge in [0.25, 0.3) is 0 Å². The van der Waals surface area contributed by atoms with Gasteiger partial charge in [0, 0.05) is 18.8 Å². The summed E-state index contributed by atoms with van der Waals surface area (Å²) in [6, 6.07) is 5.32. The SMILES string of the molecule is C/N=C/c1[nH]nnc1-c1ccc(-c2c(F)c(F)c(F)c(F)c2F)cc1. The third kappa shape index (κ3) is 2.77. The first-order valence-corrected chi connectivity index (χ1v) is 6.91. The second kappa shape index (κ2) is 6.42. The van der Waals surface area contributed by atoms with Crippen molar-refractivity contribution in [2.24, 2.45) is 4.99 Å². The molecule has 0 fully saturated rings. The van der Waals surface area contributed by atoms with Crippen LogP contribution in [0.2, 0.25) is 0 Å². The zero-order chi connectivity index (χ0) is 18.1. The first-order valence-electron chi connectivity index (χ1n) is 6.91. The molecular formula is C16H9F5N4. The molecule has 0 atom stereocenters. The number of nitrogens with one attached hydrogen (secondary N) is 1. The first-order chi connectivity index (χ1) is 12.0. The van der Waals surface area contributed by atoms with Crippen molar-refractivity contribution in [1.82, 2.24) is 15.4 Å². The molecule has 0 radical (unpaired) electrons. The summed E-state index contributed by atoms with van der Waals surface area (Å²) in [5.41, 5.74) is 0.307. The van der Waals surface area contributed by atoms with Gasteiger partial charge in [-0.3, -0.25) is 10.1 Å². The van der Waals surface area contributed by atoms with Gasteiger partial charge in [-0.25, -0.2) is 22.0 Å². The molecule has 1 heterocycles. The van der Waals surface area contributed by atoms with Crippen molar-refractivity contribution >= 4 is 6.21 Å². The van der Waals surface area contributed by atoms with Crippen LogP contribution in [-0.2, 0) is 0 Å². The topological polar surface area (TPSA) is 53.9 Å². The highest BCUT2D eigenvalue weighted by atomic mass is 19.2. The lowest BCUT2D eigenvalue weighted by Gasteiger charge is -2.09. The first kappa shape index (κ1) is 16.7. The molecule has 3 rings (SSSR count). The summed E-state index contributed by atoms with van der Waals surface area (Å²) in [5.74, 6) is -9.94. The largest absolute Gasteiger partial charge is 0.294 e. The van der Waals surface area contributed by atoms with Crippen LogP contribution in [0.4, 0.5) is 22.0 Å². The van der Waals surface area contributed by atoms with Gasteiger partial charge in [0.1, 0.15) is 11.4 Å². The van der Waals surface area contributed by atoms with Gasteiger partial charge >= 0.3 is 0 Å². The third-order valence-corrected chi connectivity index (χ3v) is 3.49. The molecule has 0 aliphatic heterocycles. The number of halogens is 5. The number of hydrogen-bond acceptors (Lipinski definition) is 3. The number of aliphatic imine (C=N–C) groups is 1. The molecule has 9 heteroatoms. The second-order valence-electron chi connectivity index (χ2n) is 4.98. The molecule has 2 aromatic carbocycles. The van der Waals surface area contributed by atoms with Crippen molar-refractivity contribution in [3.05, 3.63) is 59.0 Å². The normalized spacial score (nSPS) is 11.4. The number of benzene rings is 2. The monoisotopic (exact) mass is 352 g/mol. The molecule has 0 bridgehead atoms. The van der Waals surface area contributed by atoms with E-state index in [0.717, 1.165) is 0 Å². The maximum absolute atomic E-state index is 13.9. The zero-order valence-corrected chi connectivity index (χ0v) is 12.6. The number of rotatable bonds is 3. The molecule has 0 saturated carbocycles. The molecule has 1 aromatic heterocycles. The Morgan fingerprint density at radius 1 is 0.840 bits per heavy atom. The van der Waals surface area contributed by atoms with Gasteiger partial charge in [-0.15, -0.1) is 5.10 Å². The van der Waals surface area contributed by atoms with E-state index in [0.29, 0.717) is 17.0 Å². The van der Waals surface area contributed by atoms with Crippen molar-refractivity contribution in [2.45, 2.75) is 0 Å². The number of hydrogen-bond donors (Lipinski definition) is 1. The van der Waals surface area contributed by atoms with Crippen LogP contribution in [0.1, 0.15) is 5.69 Å². The van der Waals surface area contributed by atoms with Gasteiger partial charge in [0.05, 0.1) is 5.56 Å². The summed E-state index contributed by atoms with van der Waals surface area (Å²) in [5, 5.41) is 10.1. The van der Waals surface area contributed by atoms with Crippen LogP contribution < -0.4 is 0 Å². The third-order valence-electron chi connectivity index (χ3n) is 3.49. The second-order valence-corrected chi connectivity index (χ2v) is 4.98. The van der Waals surface area contributed by atoms with E-state index >= 15 is 0 Å². The van der Waals surface area contributed by atoms with E-state index in [1.165, 1.54) is 30.5 Å². The van der Waals surface area contributed by atoms with Gasteiger partial charge in [-0.2, -0.15) is 0 Å². The van der Waals surface area contributed by atoms with Gasteiger partial charge in [-0.1, -0.05) is 29.5 Å². The van der Waals surface area contributed by atoms with Crippen molar-refractivity contribution in [2.75, 3.05) is 7.05 Å². The minimum Gasteiger partial charge on any atom is -0.294 e. The van der Waals surface area contributed by atoms with Crippen LogP contribution in [0.3, 0.4) is 0 Å². The average Bonchev–Trinajstić information content (AvgIpc) is 3.08. The predicted molar refractivity (Wildman–Crippen MR) is 80.6 cm³/mol. The van der Waals surface area contributed by atoms with Gasteiger partial charge in [-0.05, 0) is 5.56 Å². The lowest BCUT2D eigenvalue weighted by molar-refractivity contribution is 0.381. The molecule has 128 valence electrons. The molecule has 1 N–H and O–H groups in total. The summed E-state index contributed by atoms with van der Waals surface area (Å²) < 4.78 is 67.5. The van der Waals surface area contributed by atoms with Crippen LogP contribution in [-0.4, -0.2) is 28.7 Å². The summed E-state index contributed by atoms with van der Waals surface area (Å²) in [4.78, 5) is 3.83. The minimum absolute atomic E-state index is 0.161. The molecule has 0 saturated heterocycles. The van der Waals surface area contributed by atoms with E-state index in [1.807, 2.05) is 0 Å². The van der Waals surface area contributed by atoms with Crippen LogP contribution in [0.5, 0.6) is 0 Å². The van der Waals surface area contributed by atoms with Crippen molar-refractivity contribution in [3.63, 3.8) is 0 Å². The van der Waals surface area contributed by atoms with Gasteiger partial charge < -0.3 is 0 Å². The minimum atomic E-state index is -2.19. The standard InChI is InChI=1S/C16H9F5N4/c1-22-6-9-16(24-25-23-9)8-4-2-7(3-5-8)10-11(17)13(19)15(21)14(20)12(10)18/h2-6H,1H3,(H,23,24,25)/b22-6+. The summed E-state index contributed by atoms with van der Waals surface area (Å²) in [6.07, 6.45) is 1.48. The molecular weight excluding hydrogens is 343 g/mol. The predicted octanol–water partition coefficient (Wildman–Crippen LogP) is 3.88. The Balaban J connectivity index is 2.09. The highest BCUT2D eigenvalue weighted by Gasteiger charge is 2.26. The van der Waals surface area contributed by atoms with Crippen LogP contribution in [0.15, 0.2) is 29.3 Å². The smallest absolute Gasteiger partial charge is 0.200 e. The van der Waals surface area contributed by atoms with Crippen molar-refractivity contribution in [3.8, 4) is 22.4 Å².